The largest absolute Gasteiger partial charge is 0.469 e. The molecular weight excluding hydrogens is 306 g/mol. The van der Waals surface area contributed by atoms with E-state index < -0.39 is 15.9 Å². The van der Waals surface area contributed by atoms with Crippen LogP contribution in [0.3, 0.4) is 0 Å². The van der Waals surface area contributed by atoms with Gasteiger partial charge in [-0.1, -0.05) is 24.1 Å². The van der Waals surface area contributed by atoms with Crippen molar-refractivity contribution in [2.24, 2.45) is 0 Å². The summed E-state index contributed by atoms with van der Waals surface area (Å²) in [6.07, 6.45) is 2.20. The molecule has 7 heteroatoms. The van der Waals surface area contributed by atoms with Crippen LogP contribution in [0.5, 0.6) is 0 Å². The van der Waals surface area contributed by atoms with Gasteiger partial charge in [0.2, 0.25) is 5.91 Å². The molecule has 0 atom stereocenters. The zero-order chi connectivity index (χ0) is 16.6. The highest BCUT2D eigenvalue weighted by Crippen LogP contribution is 2.10. The number of ether oxygens (including phenoxy) is 1. The molecule has 0 fully saturated rings. The maximum atomic E-state index is 12.0. The van der Waals surface area contributed by atoms with Crippen molar-refractivity contribution < 1.29 is 22.7 Å². The molecule has 0 aliphatic rings. The van der Waals surface area contributed by atoms with Crippen molar-refractivity contribution in [3.8, 4) is 0 Å². The first-order valence-corrected chi connectivity index (χ1v) is 8.52. The van der Waals surface area contributed by atoms with Crippen LogP contribution in [-0.2, 0) is 24.3 Å². The van der Waals surface area contributed by atoms with E-state index in [0.717, 1.165) is 5.56 Å². The summed E-state index contributed by atoms with van der Waals surface area (Å²) < 4.78 is 30.5. The van der Waals surface area contributed by atoms with Crippen LogP contribution in [0.1, 0.15) is 37.7 Å². The number of hydrogen-bond donors (Lipinski definition) is 1. The number of amides is 1. The van der Waals surface area contributed by atoms with E-state index in [1.165, 1.54) is 19.2 Å². The van der Waals surface area contributed by atoms with Gasteiger partial charge >= 0.3 is 5.97 Å². The molecule has 0 bridgehead atoms. The minimum Gasteiger partial charge on any atom is -0.469 e. The Morgan fingerprint density at radius 3 is 2.23 bits per heavy atom. The molecule has 122 valence electrons. The van der Waals surface area contributed by atoms with Crippen LogP contribution < -0.4 is 4.72 Å². The third kappa shape index (κ3) is 6.26. The van der Waals surface area contributed by atoms with Crippen molar-refractivity contribution >= 4 is 21.9 Å². The average molecular weight is 327 g/mol. The molecule has 6 nitrogen and oxygen atoms in total. The Labute approximate surface area is 130 Å². The lowest BCUT2D eigenvalue weighted by Gasteiger charge is -2.07. The Morgan fingerprint density at radius 2 is 1.64 bits per heavy atom. The number of nitrogens with one attached hydrogen (secondary N) is 1. The Balaban J connectivity index is 2.38. The fraction of sp³-hybridized carbons (Fsp3) is 0.467. The third-order valence-electron chi connectivity index (χ3n) is 3.09. The normalized spacial score (nSPS) is 11.0. The number of carbonyl (C=O) groups is 2. The molecule has 1 aromatic rings. The predicted molar refractivity (Wildman–Crippen MR) is 81.6 cm³/mol. The summed E-state index contributed by atoms with van der Waals surface area (Å²) in [6.45, 7) is 1.85. The highest BCUT2D eigenvalue weighted by atomic mass is 32.2. The number of carbonyl (C=O) groups excluding carboxylic acids is 2. The smallest absolute Gasteiger partial charge is 0.305 e. The van der Waals surface area contributed by atoms with E-state index in [2.05, 4.69) is 4.74 Å². The predicted octanol–water partition coefficient (Wildman–Crippen LogP) is 1.92. The third-order valence-corrected chi connectivity index (χ3v) is 4.48. The summed E-state index contributed by atoms with van der Waals surface area (Å²) in [5.74, 6) is -0.829. The first-order chi connectivity index (χ1) is 10.3. The van der Waals surface area contributed by atoms with Crippen molar-refractivity contribution in [3.05, 3.63) is 29.8 Å². The van der Waals surface area contributed by atoms with Gasteiger partial charge in [0.15, 0.2) is 0 Å². The molecule has 0 saturated carbocycles. The van der Waals surface area contributed by atoms with Gasteiger partial charge in [-0.05, 0) is 31.9 Å². The molecule has 0 radical (unpaired) electrons. The van der Waals surface area contributed by atoms with E-state index in [9.17, 15) is 18.0 Å². The Morgan fingerprint density at radius 1 is 1.05 bits per heavy atom. The molecule has 0 aliphatic heterocycles. The van der Waals surface area contributed by atoms with Crippen molar-refractivity contribution in [1.29, 1.82) is 0 Å². The summed E-state index contributed by atoms with van der Waals surface area (Å²) in [6, 6.07) is 6.26. The summed E-state index contributed by atoms with van der Waals surface area (Å²) in [5.41, 5.74) is 0.941. The molecule has 1 N–H and O–H groups in total. The van der Waals surface area contributed by atoms with Crippen molar-refractivity contribution in [1.82, 2.24) is 4.72 Å². The lowest BCUT2D eigenvalue weighted by atomic mass is 10.1. The average Bonchev–Trinajstić information content (AvgIpc) is 2.46. The lowest BCUT2D eigenvalue weighted by molar-refractivity contribution is -0.140. The monoisotopic (exact) mass is 327 g/mol. The van der Waals surface area contributed by atoms with Crippen LogP contribution in [0.15, 0.2) is 29.2 Å². The van der Waals surface area contributed by atoms with E-state index in [-0.39, 0.29) is 17.3 Å². The minimum atomic E-state index is -3.81. The Kier molecular flexibility index (Phi) is 7.04. The second kappa shape index (κ2) is 8.53. The molecule has 0 aromatic heterocycles. The van der Waals surface area contributed by atoms with Gasteiger partial charge in [-0.2, -0.15) is 0 Å². The van der Waals surface area contributed by atoms with E-state index >= 15 is 0 Å². The van der Waals surface area contributed by atoms with Gasteiger partial charge in [-0.15, -0.1) is 0 Å². The van der Waals surface area contributed by atoms with Crippen molar-refractivity contribution in [2.75, 3.05) is 7.11 Å². The van der Waals surface area contributed by atoms with Crippen LogP contribution in [0.25, 0.3) is 0 Å². The number of sulfonamides is 1. The topological polar surface area (TPSA) is 89.5 Å². The number of hydrogen-bond acceptors (Lipinski definition) is 5. The molecular formula is C15H21NO5S. The van der Waals surface area contributed by atoms with Crippen LogP contribution in [0, 0.1) is 6.92 Å². The standard InChI is InChI=1S/C15H21NO5S/c1-12-8-10-13(11-9-12)22(19,20)16-14(17)6-4-3-5-7-15(18)21-2/h8-11H,3-7H2,1-2H3,(H,16,17). The van der Waals surface area contributed by atoms with E-state index in [1.807, 2.05) is 11.6 Å². The SMILES string of the molecule is COC(=O)CCCCCC(=O)NS(=O)(=O)c1ccc(C)cc1. The van der Waals surface area contributed by atoms with Gasteiger partial charge < -0.3 is 4.74 Å². The number of esters is 1. The van der Waals surface area contributed by atoms with E-state index in [1.54, 1.807) is 12.1 Å². The molecule has 0 aliphatic carbocycles. The van der Waals surface area contributed by atoms with Crippen LogP contribution >= 0.6 is 0 Å². The van der Waals surface area contributed by atoms with E-state index in [4.69, 9.17) is 0 Å². The maximum absolute atomic E-state index is 12.0. The Hall–Kier alpha value is -1.89. The van der Waals surface area contributed by atoms with Gasteiger partial charge in [-0.3, -0.25) is 9.59 Å². The summed E-state index contributed by atoms with van der Waals surface area (Å²) in [4.78, 5) is 22.6. The maximum Gasteiger partial charge on any atom is 0.305 e. The summed E-state index contributed by atoms with van der Waals surface area (Å²) in [7, 11) is -2.48. The fourth-order valence-electron chi connectivity index (χ4n) is 1.81. The quantitative estimate of drug-likeness (QED) is 0.582. The first-order valence-electron chi connectivity index (χ1n) is 7.04. The summed E-state index contributed by atoms with van der Waals surface area (Å²) in [5, 5.41) is 0. The zero-order valence-corrected chi connectivity index (χ0v) is 13.6. The van der Waals surface area contributed by atoms with Gasteiger partial charge in [0.05, 0.1) is 12.0 Å². The van der Waals surface area contributed by atoms with Crippen LogP contribution in [-0.4, -0.2) is 27.4 Å². The first kappa shape index (κ1) is 18.2. The number of aryl methyl sites for hydroxylation is 1. The second-order valence-corrected chi connectivity index (χ2v) is 6.66. The summed E-state index contributed by atoms with van der Waals surface area (Å²) >= 11 is 0. The van der Waals surface area contributed by atoms with Gasteiger partial charge in [0, 0.05) is 12.8 Å². The molecule has 1 aromatic carbocycles. The number of benzene rings is 1. The number of unbranched alkanes of at least 4 members (excludes halogenated alkanes) is 2. The highest BCUT2D eigenvalue weighted by Gasteiger charge is 2.16. The molecule has 1 rings (SSSR count). The molecule has 1 amide bonds. The fourth-order valence-corrected chi connectivity index (χ4v) is 2.83. The van der Waals surface area contributed by atoms with Crippen molar-refractivity contribution in [3.63, 3.8) is 0 Å². The zero-order valence-electron chi connectivity index (χ0n) is 12.8. The van der Waals surface area contributed by atoms with Gasteiger partial charge in [0.1, 0.15) is 0 Å². The number of rotatable bonds is 8. The molecule has 0 heterocycles. The van der Waals surface area contributed by atoms with Gasteiger partial charge in [0.25, 0.3) is 10.0 Å². The second-order valence-electron chi connectivity index (χ2n) is 4.98. The van der Waals surface area contributed by atoms with E-state index in [0.29, 0.717) is 25.7 Å². The van der Waals surface area contributed by atoms with Crippen LogP contribution in [0.2, 0.25) is 0 Å². The van der Waals surface area contributed by atoms with Gasteiger partial charge in [-0.25, -0.2) is 13.1 Å². The Bertz CT molecular complexity index is 607. The van der Waals surface area contributed by atoms with Crippen LogP contribution in [0.4, 0.5) is 0 Å². The molecule has 0 spiro atoms. The minimum absolute atomic E-state index is 0.0668. The molecule has 22 heavy (non-hydrogen) atoms. The molecule has 0 unspecified atom stereocenters. The lowest BCUT2D eigenvalue weighted by Crippen LogP contribution is -2.30. The molecule has 0 saturated heterocycles. The highest BCUT2D eigenvalue weighted by molar-refractivity contribution is 7.90. The van der Waals surface area contributed by atoms with Crippen molar-refractivity contribution in [2.45, 2.75) is 43.9 Å². The number of methoxy groups -OCH3 is 1.